The summed E-state index contributed by atoms with van der Waals surface area (Å²) in [6.45, 7) is 4.91. The van der Waals surface area contributed by atoms with E-state index in [0.717, 1.165) is 31.6 Å². The second kappa shape index (κ2) is 7.40. The van der Waals surface area contributed by atoms with E-state index in [1.54, 1.807) is 7.11 Å². The van der Waals surface area contributed by atoms with Crippen molar-refractivity contribution in [3.05, 3.63) is 11.7 Å². The minimum absolute atomic E-state index is 0.122. The zero-order valence-electron chi connectivity index (χ0n) is 11.0. The van der Waals surface area contributed by atoms with Gasteiger partial charge >= 0.3 is 0 Å². The van der Waals surface area contributed by atoms with Crippen LogP contribution >= 0.6 is 0 Å². The van der Waals surface area contributed by atoms with Gasteiger partial charge in [0.15, 0.2) is 5.82 Å². The van der Waals surface area contributed by atoms with Gasteiger partial charge in [-0.05, 0) is 32.2 Å². The molecule has 0 aliphatic heterocycles. The maximum absolute atomic E-state index is 5.51. The van der Waals surface area contributed by atoms with E-state index in [4.69, 9.17) is 15.0 Å². The van der Waals surface area contributed by atoms with Crippen LogP contribution in [0.25, 0.3) is 0 Å². The van der Waals surface area contributed by atoms with E-state index in [1.165, 1.54) is 0 Å². The number of rotatable bonds is 8. The molecule has 98 valence electrons. The average molecular weight is 241 g/mol. The Labute approximate surface area is 103 Å². The summed E-state index contributed by atoms with van der Waals surface area (Å²) in [6, 6.07) is 0. The lowest BCUT2D eigenvalue weighted by Gasteiger charge is -2.06. The molecule has 0 saturated carbocycles. The maximum Gasteiger partial charge on any atom is 0.226 e. The standard InChI is InChI=1S/C12H23N3O2/c1-9(6-7-13)4-5-12-14-11(15-17-12)8-10(2)16-3/h9-10H,4-8,13H2,1-3H3. The number of ether oxygens (including phenoxy) is 1. The fraction of sp³-hybridized carbons (Fsp3) is 0.833. The molecule has 0 fully saturated rings. The monoisotopic (exact) mass is 241 g/mol. The van der Waals surface area contributed by atoms with E-state index in [-0.39, 0.29) is 6.10 Å². The molecule has 17 heavy (non-hydrogen) atoms. The summed E-state index contributed by atoms with van der Waals surface area (Å²) in [5.41, 5.74) is 5.51. The lowest BCUT2D eigenvalue weighted by atomic mass is 10.0. The van der Waals surface area contributed by atoms with Crippen molar-refractivity contribution in [2.75, 3.05) is 13.7 Å². The van der Waals surface area contributed by atoms with Gasteiger partial charge < -0.3 is 15.0 Å². The number of hydrogen-bond donors (Lipinski definition) is 1. The van der Waals surface area contributed by atoms with E-state index in [2.05, 4.69) is 17.1 Å². The second-order valence-corrected chi connectivity index (χ2v) is 4.58. The van der Waals surface area contributed by atoms with E-state index >= 15 is 0 Å². The predicted molar refractivity (Wildman–Crippen MR) is 65.6 cm³/mol. The van der Waals surface area contributed by atoms with Crippen molar-refractivity contribution in [2.24, 2.45) is 11.7 Å². The zero-order valence-corrected chi connectivity index (χ0v) is 11.0. The molecule has 0 saturated heterocycles. The maximum atomic E-state index is 5.51. The summed E-state index contributed by atoms with van der Waals surface area (Å²) in [6.07, 6.45) is 3.73. The number of nitrogens with two attached hydrogens (primary N) is 1. The fourth-order valence-corrected chi connectivity index (χ4v) is 1.61. The third kappa shape index (κ3) is 5.28. The third-order valence-corrected chi connectivity index (χ3v) is 2.89. The number of hydrogen-bond acceptors (Lipinski definition) is 5. The van der Waals surface area contributed by atoms with Crippen LogP contribution in [0, 0.1) is 5.92 Å². The molecule has 0 aliphatic rings. The van der Waals surface area contributed by atoms with Crippen molar-refractivity contribution in [1.29, 1.82) is 0 Å². The number of aryl methyl sites for hydroxylation is 1. The van der Waals surface area contributed by atoms with Gasteiger partial charge in [0.2, 0.25) is 5.89 Å². The Kier molecular flexibility index (Phi) is 6.15. The van der Waals surface area contributed by atoms with Gasteiger partial charge in [-0.25, -0.2) is 0 Å². The van der Waals surface area contributed by atoms with E-state index in [1.807, 2.05) is 6.92 Å². The second-order valence-electron chi connectivity index (χ2n) is 4.58. The Balaban J connectivity index is 2.35. The predicted octanol–water partition coefficient (Wildman–Crippen LogP) is 1.56. The molecule has 5 heteroatoms. The summed E-state index contributed by atoms with van der Waals surface area (Å²) in [4.78, 5) is 4.34. The normalized spacial score (nSPS) is 14.8. The molecular formula is C12H23N3O2. The van der Waals surface area contributed by atoms with Gasteiger partial charge in [0.25, 0.3) is 0 Å². The molecule has 0 aliphatic carbocycles. The van der Waals surface area contributed by atoms with Crippen LogP contribution in [0.4, 0.5) is 0 Å². The summed E-state index contributed by atoms with van der Waals surface area (Å²) in [7, 11) is 1.68. The van der Waals surface area contributed by atoms with Crippen molar-refractivity contribution < 1.29 is 9.26 Å². The summed E-state index contributed by atoms with van der Waals surface area (Å²) in [5, 5.41) is 3.94. The van der Waals surface area contributed by atoms with Gasteiger partial charge in [-0.15, -0.1) is 0 Å². The highest BCUT2D eigenvalue weighted by molar-refractivity contribution is 4.88. The summed E-state index contributed by atoms with van der Waals surface area (Å²) in [5.74, 6) is 2.04. The van der Waals surface area contributed by atoms with Crippen LogP contribution in [-0.2, 0) is 17.6 Å². The molecule has 0 bridgehead atoms. The first-order valence-electron chi connectivity index (χ1n) is 6.20. The molecular weight excluding hydrogens is 218 g/mol. The van der Waals surface area contributed by atoms with Crippen LogP contribution in [0.15, 0.2) is 4.52 Å². The van der Waals surface area contributed by atoms with Crippen molar-refractivity contribution >= 4 is 0 Å². The van der Waals surface area contributed by atoms with Gasteiger partial charge in [0, 0.05) is 20.0 Å². The van der Waals surface area contributed by atoms with Crippen LogP contribution in [0.1, 0.15) is 38.4 Å². The zero-order chi connectivity index (χ0) is 12.7. The highest BCUT2D eigenvalue weighted by Crippen LogP contribution is 2.11. The number of methoxy groups -OCH3 is 1. The first kappa shape index (κ1) is 14.1. The molecule has 1 aromatic heterocycles. The summed E-state index contributed by atoms with van der Waals surface area (Å²) >= 11 is 0. The lowest BCUT2D eigenvalue weighted by Crippen LogP contribution is -2.09. The van der Waals surface area contributed by atoms with Gasteiger partial charge in [-0.2, -0.15) is 4.98 Å². The Morgan fingerprint density at radius 2 is 2.12 bits per heavy atom. The SMILES string of the molecule is COC(C)Cc1noc(CCC(C)CCN)n1. The Morgan fingerprint density at radius 3 is 2.76 bits per heavy atom. The molecule has 0 spiro atoms. The highest BCUT2D eigenvalue weighted by Gasteiger charge is 2.11. The first-order valence-corrected chi connectivity index (χ1v) is 6.20. The van der Waals surface area contributed by atoms with E-state index in [9.17, 15) is 0 Å². The van der Waals surface area contributed by atoms with Crippen LogP contribution in [0.2, 0.25) is 0 Å². The largest absolute Gasteiger partial charge is 0.381 e. The van der Waals surface area contributed by atoms with Crippen LogP contribution in [0.5, 0.6) is 0 Å². The molecule has 2 unspecified atom stereocenters. The average Bonchev–Trinajstić information content (AvgIpc) is 2.74. The number of aromatic nitrogens is 2. The van der Waals surface area contributed by atoms with Gasteiger partial charge in [-0.1, -0.05) is 12.1 Å². The third-order valence-electron chi connectivity index (χ3n) is 2.89. The van der Waals surface area contributed by atoms with Crippen LogP contribution in [-0.4, -0.2) is 29.9 Å². The topological polar surface area (TPSA) is 74.2 Å². The van der Waals surface area contributed by atoms with Crippen molar-refractivity contribution in [3.8, 4) is 0 Å². The van der Waals surface area contributed by atoms with Crippen LogP contribution < -0.4 is 5.73 Å². The van der Waals surface area contributed by atoms with Crippen LogP contribution in [0.3, 0.4) is 0 Å². The summed E-state index contributed by atoms with van der Waals surface area (Å²) < 4.78 is 10.3. The molecule has 2 N–H and O–H groups in total. The van der Waals surface area contributed by atoms with E-state index in [0.29, 0.717) is 18.2 Å². The molecule has 5 nitrogen and oxygen atoms in total. The molecule has 0 radical (unpaired) electrons. The molecule has 1 heterocycles. The molecule has 1 aromatic rings. The molecule has 0 amide bonds. The molecule has 2 atom stereocenters. The molecule has 0 aromatic carbocycles. The Morgan fingerprint density at radius 1 is 1.35 bits per heavy atom. The first-order chi connectivity index (χ1) is 8.15. The van der Waals surface area contributed by atoms with Gasteiger partial charge in [-0.3, -0.25) is 0 Å². The van der Waals surface area contributed by atoms with Gasteiger partial charge in [0.1, 0.15) is 0 Å². The fourth-order valence-electron chi connectivity index (χ4n) is 1.61. The van der Waals surface area contributed by atoms with Crippen molar-refractivity contribution in [1.82, 2.24) is 10.1 Å². The van der Waals surface area contributed by atoms with Crippen molar-refractivity contribution in [2.45, 2.75) is 45.6 Å². The minimum atomic E-state index is 0.122. The quantitative estimate of drug-likeness (QED) is 0.747. The van der Waals surface area contributed by atoms with E-state index < -0.39 is 0 Å². The molecule has 1 rings (SSSR count). The van der Waals surface area contributed by atoms with Gasteiger partial charge in [0.05, 0.1) is 6.10 Å². The number of nitrogens with zero attached hydrogens (tertiary/aromatic N) is 2. The smallest absolute Gasteiger partial charge is 0.226 e. The van der Waals surface area contributed by atoms with Crippen molar-refractivity contribution in [3.63, 3.8) is 0 Å². The Hall–Kier alpha value is -0.940. The Bertz CT molecular complexity index is 314. The highest BCUT2D eigenvalue weighted by atomic mass is 16.5. The lowest BCUT2D eigenvalue weighted by molar-refractivity contribution is 0.116. The minimum Gasteiger partial charge on any atom is -0.381 e.